The van der Waals surface area contributed by atoms with Crippen LogP contribution >= 0.6 is 12.2 Å². The molecule has 0 aliphatic carbocycles. The van der Waals surface area contributed by atoms with Crippen molar-refractivity contribution in [1.82, 2.24) is 24.6 Å². The SMILES string of the molecule is CCCCc1nc(C)c(CC(=S)N2CCC(C)(C)CC2)c(=O)n1Cc1ccc(-c2ccccc2-c2noc(=O)[nH]2)cc1. The molecule has 0 spiro atoms. The van der Waals surface area contributed by atoms with E-state index in [1.165, 1.54) is 0 Å². The van der Waals surface area contributed by atoms with E-state index in [1.807, 2.05) is 60.0 Å². The molecule has 5 rings (SSSR count). The number of benzene rings is 2. The van der Waals surface area contributed by atoms with Gasteiger partial charge in [-0.2, -0.15) is 0 Å². The van der Waals surface area contributed by atoms with E-state index in [0.717, 1.165) is 84.0 Å². The number of aromatic amines is 1. The molecule has 0 bridgehead atoms. The van der Waals surface area contributed by atoms with Gasteiger partial charge in [0.2, 0.25) is 0 Å². The van der Waals surface area contributed by atoms with Crippen LogP contribution in [0.2, 0.25) is 0 Å². The molecule has 1 N–H and O–H groups in total. The fourth-order valence-electron chi connectivity index (χ4n) is 5.53. The fraction of sp³-hybridized carbons (Fsp3) is 0.424. The number of aromatic nitrogens is 4. The second-order valence-electron chi connectivity index (χ2n) is 12.0. The van der Waals surface area contributed by atoms with Crippen LogP contribution in [-0.4, -0.2) is 42.7 Å². The van der Waals surface area contributed by atoms with Crippen LogP contribution in [0.3, 0.4) is 0 Å². The van der Waals surface area contributed by atoms with E-state index in [4.69, 9.17) is 21.7 Å². The van der Waals surface area contributed by atoms with E-state index in [2.05, 4.69) is 35.8 Å². The van der Waals surface area contributed by atoms with Crippen LogP contribution in [0.15, 0.2) is 62.6 Å². The van der Waals surface area contributed by atoms with Gasteiger partial charge in [-0.3, -0.25) is 18.9 Å². The van der Waals surface area contributed by atoms with Crippen molar-refractivity contribution < 1.29 is 4.52 Å². The molecule has 0 radical (unpaired) electrons. The molecule has 4 aromatic rings. The highest BCUT2D eigenvalue weighted by Crippen LogP contribution is 2.31. The number of H-pyrrole nitrogens is 1. The summed E-state index contributed by atoms with van der Waals surface area (Å²) >= 11 is 5.85. The summed E-state index contributed by atoms with van der Waals surface area (Å²) in [5.41, 5.74) is 5.47. The fourth-order valence-corrected chi connectivity index (χ4v) is 5.86. The van der Waals surface area contributed by atoms with Crippen LogP contribution in [0.4, 0.5) is 0 Å². The first kappa shape index (κ1) is 29.6. The highest BCUT2D eigenvalue weighted by molar-refractivity contribution is 7.80. The van der Waals surface area contributed by atoms with Gasteiger partial charge in [-0.1, -0.05) is 93.1 Å². The van der Waals surface area contributed by atoms with Crippen LogP contribution in [0.1, 0.15) is 69.1 Å². The molecule has 3 heterocycles. The minimum Gasteiger partial charge on any atom is -0.366 e. The summed E-state index contributed by atoms with van der Waals surface area (Å²) in [6, 6.07) is 15.8. The number of nitrogens with zero attached hydrogens (tertiary/aromatic N) is 4. The number of likely N-dealkylation sites (tertiary alicyclic amines) is 1. The lowest BCUT2D eigenvalue weighted by Crippen LogP contribution is -2.42. The largest absolute Gasteiger partial charge is 0.439 e. The summed E-state index contributed by atoms with van der Waals surface area (Å²) in [6.45, 7) is 11.0. The predicted molar refractivity (Wildman–Crippen MR) is 170 cm³/mol. The van der Waals surface area contributed by atoms with Gasteiger partial charge in [0, 0.05) is 42.8 Å². The molecule has 0 unspecified atom stereocenters. The second kappa shape index (κ2) is 12.6. The van der Waals surface area contributed by atoms with Crippen molar-refractivity contribution in [3.8, 4) is 22.5 Å². The topological polar surface area (TPSA) is 97.0 Å². The number of rotatable bonds is 9. The first-order chi connectivity index (χ1) is 20.1. The molecule has 0 amide bonds. The van der Waals surface area contributed by atoms with Gasteiger partial charge in [-0.05, 0) is 48.3 Å². The molecule has 1 aliphatic heterocycles. The Balaban J connectivity index is 1.42. The lowest BCUT2D eigenvalue weighted by molar-refractivity contribution is 0.189. The maximum Gasteiger partial charge on any atom is 0.439 e. The lowest BCUT2D eigenvalue weighted by atomic mass is 9.82. The zero-order chi connectivity index (χ0) is 29.9. The minimum atomic E-state index is -0.591. The Morgan fingerprint density at radius 2 is 1.74 bits per heavy atom. The monoisotopic (exact) mass is 585 g/mol. The highest BCUT2D eigenvalue weighted by Gasteiger charge is 2.27. The van der Waals surface area contributed by atoms with Crippen LogP contribution in [-0.2, 0) is 19.4 Å². The van der Waals surface area contributed by atoms with Crippen LogP contribution in [0, 0.1) is 12.3 Å². The third-order valence-electron chi connectivity index (χ3n) is 8.33. The summed E-state index contributed by atoms with van der Waals surface area (Å²) in [5.74, 6) is 0.612. The standard InChI is InChI=1S/C33H39N5O3S/c1-5-6-11-28-34-22(2)27(20-29(42)37-18-16-33(3,4)17-19-37)31(39)38(28)21-23-12-14-24(15-13-23)25-9-7-8-10-26(25)30-35-32(40)41-36-30/h7-10,12-15H,5-6,11,16-21H2,1-4H3,(H,35,36,40). The normalized spacial score (nSPS) is 14.7. The molecule has 2 aromatic carbocycles. The Bertz CT molecular complexity index is 1670. The van der Waals surface area contributed by atoms with E-state index in [0.29, 0.717) is 29.8 Å². The first-order valence-electron chi connectivity index (χ1n) is 14.8. The van der Waals surface area contributed by atoms with Crippen molar-refractivity contribution in [3.63, 3.8) is 0 Å². The smallest absolute Gasteiger partial charge is 0.366 e. The molecule has 2 aromatic heterocycles. The Hall–Kier alpha value is -3.85. The van der Waals surface area contributed by atoms with Crippen LogP contribution < -0.4 is 11.3 Å². The van der Waals surface area contributed by atoms with Crippen LogP contribution in [0.25, 0.3) is 22.5 Å². The molecule has 9 heteroatoms. The third kappa shape index (κ3) is 6.62. The van der Waals surface area contributed by atoms with Gasteiger partial charge in [0.05, 0.1) is 11.5 Å². The molecule has 1 fully saturated rings. The lowest BCUT2D eigenvalue weighted by Gasteiger charge is -2.38. The average Bonchev–Trinajstić information content (AvgIpc) is 3.42. The van der Waals surface area contributed by atoms with E-state index in [9.17, 15) is 9.59 Å². The quantitative estimate of drug-likeness (QED) is 0.243. The van der Waals surface area contributed by atoms with E-state index >= 15 is 0 Å². The van der Waals surface area contributed by atoms with Gasteiger partial charge in [0.1, 0.15) is 5.82 Å². The molecular weight excluding hydrogens is 546 g/mol. The number of unbranched alkanes of at least 4 members (excludes halogenated alkanes) is 1. The molecule has 220 valence electrons. The van der Waals surface area contributed by atoms with Gasteiger partial charge in [0.25, 0.3) is 5.56 Å². The van der Waals surface area contributed by atoms with Crippen molar-refractivity contribution in [2.24, 2.45) is 5.41 Å². The van der Waals surface area contributed by atoms with Gasteiger partial charge in [-0.25, -0.2) is 9.78 Å². The Morgan fingerprint density at radius 1 is 1.05 bits per heavy atom. The number of hydrogen-bond acceptors (Lipinski definition) is 6. The molecule has 42 heavy (non-hydrogen) atoms. The van der Waals surface area contributed by atoms with Crippen molar-refractivity contribution >= 4 is 17.2 Å². The number of hydrogen-bond donors (Lipinski definition) is 1. The highest BCUT2D eigenvalue weighted by atomic mass is 32.1. The predicted octanol–water partition coefficient (Wildman–Crippen LogP) is 5.94. The maximum absolute atomic E-state index is 14.0. The van der Waals surface area contributed by atoms with Crippen molar-refractivity contribution in [1.29, 1.82) is 0 Å². The summed E-state index contributed by atoms with van der Waals surface area (Å²) < 4.78 is 6.56. The molecular formula is C33H39N5O3S. The Labute approximate surface area is 251 Å². The summed E-state index contributed by atoms with van der Waals surface area (Å²) in [5, 5.41) is 3.86. The zero-order valence-corrected chi connectivity index (χ0v) is 25.7. The van der Waals surface area contributed by atoms with Gasteiger partial charge in [0.15, 0.2) is 5.82 Å². The van der Waals surface area contributed by atoms with E-state index in [1.54, 1.807) is 0 Å². The van der Waals surface area contributed by atoms with Gasteiger partial charge in [-0.15, -0.1) is 0 Å². The summed E-state index contributed by atoms with van der Waals surface area (Å²) in [6.07, 6.45) is 5.38. The first-order valence-corrected chi connectivity index (χ1v) is 15.2. The maximum atomic E-state index is 14.0. The van der Waals surface area contributed by atoms with E-state index in [-0.39, 0.29) is 5.56 Å². The van der Waals surface area contributed by atoms with Crippen molar-refractivity contribution in [2.45, 2.75) is 72.8 Å². The number of thiocarbonyl (C=S) groups is 1. The van der Waals surface area contributed by atoms with E-state index < -0.39 is 5.76 Å². The zero-order valence-electron chi connectivity index (χ0n) is 24.9. The third-order valence-corrected chi connectivity index (χ3v) is 8.73. The molecule has 0 saturated carbocycles. The summed E-state index contributed by atoms with van der Waals surface area (Å²) in [4.78, 5) is 36.2. The summed E-state index contributed by atoms with van der Waals surface area (Å²) in [7, 11) is 0. The Kier molecular flexibility index (Phi) is 8.87. The van der Waals surface area contributed by atoms with Crippen molar-refractivity contribution in [3.05, 3.63) is 92.1 Å². The van der Waals surface area contributed by atoms with Gasteiger partial charge >= 0.3 is 5.76 Å². The Morgan fingerprint density at radius 3 is 2.38 bits per heavy atom. The molecule has 8 nitrogen and oxygen atoms in total. The number of piperidine rings is 1. The molecule has 1 aliphatic rings. The minimum absolute atomic E-state index is 0.00213. The average molecular weight is 586 g/mol. The van der Waals surface area contributed by atoms with Crippen LogP contribution in [0.5, 0.6) is 0 Å². The molecule has 1 saturated heterocycles. The number of nitrogens with one attached hydrogen (secondary N) is 1. The van der Waals surface area contributed by atoms with Crippen molar-refractivity contribution in [2.75, 3.05) is 13.1 Å². The van der Waals surface area contributed by atoms with Gasteiger partial charge < -0.3 is 4.90 Å². The second-order valence-corrected chi connectivity index (χ2v) is 12.5. The number of aryl methyl sites for hydroxylation is 2. The molecule has 0 atom stereocenters.